The highest BCUT2D eigenvalue weighted by molar-refractivity contribution is 6.25. The van der Waals surface area contributed by atoms with Crippen molar-refractivity contribution < 1.29 is 33.6 Å². The van der Waals surface area contributed by atoms with Crippen molar-refractivity contribution in [1.29, 1.82) is 0 Å². The lowest BCUT2D eigenvalue weighted by Gasteiger charge is -2.53. The molecule has 1 aromatic heterocycles. The van der Waals surface area contributed by atoms with Gasteiger partial charge in [-0.05, 0) is 98.2 Å². The summed E-state index contributed by atoms with van der Waals surface area (Å²) in [5.41, 5.74) is 6.44. The number of nitrogens with one attached hydrogen (secondary N) is 4. The first-order valence-corrected chi connectivity index (χ1v) is 23.9. The number of amides is 7. The van der Waals surface area contributed by atoms with Crippen molar-refractivity contribution in [1.82, 2.24) is 29.9 Å². The molecule has 0 bridgehead atoms. The Balaban J connectivity index is 0.688. The molecule has 352 valence electrons. The molecule has 4 N–H and O–H groups in total. The summed E-state index contributed by atoms with van der Waals surface area (Å²) in [6.45, 7) is 3.38. The number of unbranched alkanes of at least 4 members (excludes halogenated alkanes) is 7. The molecule has 1 saturated heterocycles. The minimum Gasteiger partial charge on any atom is -0.384 e. The van der Waals surface area contributed by atoms with Crippen LogP contribution in [0.25, 0.3) is 0 Å². The zero-order valence-electron chi connectivity index (χ0n) is 38.7. The number of rotatable bonds is 20. The maximum atomic E-state index is 13.5. The van der Waals surface area contributed by atoms with Crippen LogP contribution in [0.4, 0.5) is 11.4 Å². The van der Waals surface area contributed by atoms with Crippen LogP contribution in [0, 0.1) is 0 Å². The van der Waals surface area contributed by atoms with Gasteiger partial charge in [-0.1, -0.05) is 68.9 Å². The highest BCUT2D eigenvalue weighted by Crippen LogP contribution is 2.49. The summed E-state index contributed by atoms with van der Waals surface area (Å²) in [4.78, 5) is 94.1. The van der Waals surface area contributed by atoms with Gasteiger partial charge < -0.3 is 25.4 Å². The van der Waals surface area contributed by atoms with Crippen LogP contribution < -0.4 is 21.3 Å². The van der Waals surface area contributed by atoms with Gasteiger partial charge in [-0.2, -0.15) is 0 Å². The number of benzene rings is 3. The van der Waals surface area contributed by atoms with Crippen molar-refractivity contribution in [2.75, 3.05) is 37.8 Å². The largest absolute Gasteiger partial charge is 0.384 e. The molecule has 4 heterocycles. The maximum Gasteiger partial charge on any atom is 0.268 e. The average Bonchev–Trinajstić information content (AvgIpc) is 3.85. The molecule has 0 radical (unpaired) electrons. The topological polar surface area (TPSA) is 182 Å². The SMILES string of the molecule is CN(C)C(=O)c1ccc(CN2CCn3c(C(=O)NCc4ccc(NC(=O)CCCCCCCCCCNc5cccc6c5C(=O)N(C5CCC(=O)NC5=O)C6=O)cc4)ccc3C23CCC3)cc1. The minimum atomic E-state index is -0.988. The summed E-state index contributed by atoms with van der Waals surface area (Å²) in [7, 11) is 3.52. The number of aromatic nitrogens is 1. The molecule has 2 fully saturated rings. The highest BCUT2D eigenvalue weighted by Gasteiger charge is 2.49. The summed E-state index contributed by atoms with van der Waals surface area (Å²) in [5.74, 6) is -2.16. The number of carbonyl (C=O) groups excluding carboxylic acids is 7. The lowest BCUT2D eigenvalue weighted by Crippen LogP contribution is -2.56. The molecule has 3 aliphatic heterocycles. The molecule has 3 aromatic carbocycles. The quantitative estimate of drug-likeness (QED) is 0.0538. The van der Waals surface area contributed by atoms with Crippen molar-refractivity contribution >= 4 is 52.7 Å². The Bertz CT molecular complexity index is 2510. The Kier molecular flexibility index (Phi) is 14.6. The van der Waals surface area contributed by atoms with Crippen LogP contribution in [0.15, 0.2) is 78.9 Å². The predicted molar refractivity (Wildman–Crippen MR) is 254 cm³/mol. The second kappa shape index (κ2) is 20.9. The number of fused-ring (bicyclic) bond motifs is 3. The monoisotopic (exact) mass is 910 g/mol. The number of nitrogens with zero attached hydrogens (tertiary/aromatic N) is 4. The van der Waals surface area contributed by atoms with Gasteiger partial charge in [0.25, 0.3) is 23.6 Å². The number of anilines is 2. The normalized spacial score (nSPS) is 17.4. The molecule has 4 aliphatic rings. The van der Waals surface area contributed by atoms with E-state index in [1.165, 1.54) is 11.3 Å². The number of carbonyl (C=O) groups is 7. The Morgan fingerprint density at radius 2 is 1.48 bits per heavy atom. The van der Waals surface area contributed by atoms with Gasteiger partial charge in [0.05, 0.1) is 16.7 Å². The zero-order chi connectivity index (χ0) is 47.1. The smallest absolute Gasteiger partial charge is 0.268 e. The van der Waals surface area contributed by atoms with Gasteiger partial charge in [0.2, 0.25) is 17.7 Å². The molecular formula is C52H62N8O7. The van der Waals surface area contributed by atoms with Gasteiger partial charge in [0, 0.05) is 82.3 Å². The zero-order valence-corrected chi connectivity index (χ0v) is 38.7. The first-order valence-electron chi connectivity index (χ1n) is 23.9. The molecule has 1 aliphatic carbocycles. The highest BCUT2D eigenvalue weighted by atomic mass is 16.2. The maximum absolute atomic E-state index is 13.5. The van der Waals surface area contributed by atoms with Gasteiger partial charge in [-0.25, -0.2) is 0 Å². The molecule has 15 nitrogen and oxygen atoms in total. The first kappa shape index (κ1) is 46.9. The molecule has 7 amide bonds. The second-order valence-corrected chi connectivity index (χ2v) is 18.6. The molecule has 1 spiro atoms. The number of hydrogen-bond acceptors (Lipinski definition) is 9. The van der Waals surface area contributed by atoms with Crippen molar-refractivity contribution in [3.63, 3.8) is 0 Å². The van der Waals surface area contributed by atoms with Gasteiger partial charge in [0.1, 0.15) is 11.7 Å². The summed E-state index contributed by atoms with van der Waals surface area (Å²) in [6.07, 6.45) is 12.0. The van der Waals surface area contributed by atoms with Gasteiger partial charge in [-0.3, -0.25) is 48.7 Å². The molecule has 1 atom stereocenters. The molecule has 1 saturated carbocycles. The fourth-order valence-electron chi connectivity index (χ4n) is 10.0. The predicted octanol–water partition coefficient (Wildman–Crippen LogP) is 6.98. The summed E-state index contributed by atoms with van der Waals surface area (Å²) in [6, 6.07) is 23.7. The number of piperidine rings is 1. The van der Waals surface area contributed by atoms with E-state index in [9.17, 15) is 33.6 Å². The molecular weight excluding hydrogens is 849 g/mol. The fourth-order valence-corrected chi connectivity index (χ4v) is 10.0. The Labute approximate surface area is 392 Å². The van der Waals surface area contributed by atoms with Crippen LogP contribution in [0.3, 0.4) is 0 Å². The van der Waals surface area contributed by atoms with Crippen molar-refractivity contribution in [2.24, 2.45) is 0 Å². The Morgan fingerprint density at radius 1 is 0.776 bits per heavy atom. The molecule has 67 heavy (non-hydrogen) atoms. The third-order valence-corrected chi connectivity index (χ3v) is 13.9. The van der Waals surface area contributed by atoms with E-state index in [1.54, 1.807) is 37.2 Å². The van der Waals surface area contributed by atoms with E-state index in [1.807, 2.05) is 54.6 Å². The third kappa shape index (κ3) is 10.4. The summed E-state index contributed by atoms with van der Waals surface area (Å²) < 4.78 is 2.20. The van der Waals surface area contributed by atoms with Gasteiger partial charge >= 0.3 is 0 Å². The first-order chi connectivity index (χ1) is 32.4. The van der Waals surface area contributed by atoms with Crippen LogP contribution in [0.2, 0.25) is 0 Å². The van der Waals surface area contributed by atoms with Crippen molar-refractivity contribution in [3.05, 3.63) is 118 Å². The third-order valence-electron chi connectivity index (χ3n) is 13.9. The van der Waals surface area contributed by atoms with E-state index in [0.29, 0.717) is 36.5 Å². The molecule has 15 heteroatoms. The standard InChI is InChI=1S/C52H62N8O7/c1-57(2)49(65)37-20-16-36(17-21-37)34-58-31-32-59-41(24-26-43(59)52(58)28-12-29-52)47(63)54-33-35-18-22-38(23-19-35)55-44(61)15-9-7-5-3-4-6-8-10-30-53-40-14-11-13-39-46(40)51(67)60(50(39)66)42-25-27-45(62)56-48(42)64/h11,13-14,16-24,26,42,53H,3-10,12,15,25,27-34H2,1-2H3,(H,54,63)(H,55,61)(H,56,62,64). The Morgan fingerprint density at radius 3 is 2.16 bits per heavy atom. The van der Waals surface area contributed by atoms with Gasteiger partial charge in [0.15, 0.2) is 0 Å². The van der Waals surface area contributed by atoms with Crippen molar-refractivity contribution in [3.8, 4) is 0 Å². The van der Waals surface area contributed by atoms with E-state index >= 15 is 0 Å². The van der Waals surface area contributed by atoms with Crippen LogP contribution in [0.5, 0.6) is 0 Å². The van der Waals surface area contributed by atoms with E-state index < -0.39 is 29.7 Å². The van der Waals surface area contributed by atoms with Crippen LogP contribution in [0.1, 0.15) is 148 Å². The van der Waals surface area contributed by atoms with E-state index in [4.69, 9.17) is 0 Å². The molecule has 1 unspecified atom stereocenters. The fraction of sp³-hybridized carbons (Fsp3) is 0.442. The number of imide groups is 2. The lowest BCUT2D eigenvalue weighted by molar-refractivity contribution is -0.136. The van der Waals surface area contributed by atoms with Crippen molar-refractivity contribution in [2.45, 2.75) is 121 Å². The molecule has 8 rings (SSSR count). The minimum absolute atomic E-state index is 0.00433. The Hall–Kier alpha value is -6.61. The average molecular weight is 911 g/mol. The van der Waals surface area contributed by atoms with Gasteiger partial charge in [-0.15, -0.1) is 0 Å². The summed E-state index contributed by atoms with van der Waals surface area (Å²) in [5, 5.41) is 11.6. The van der Waals surface area contributed by atoms with E-state index in [0.717, 1.165) is 106 Å². The van der Waals surface area contributed by atoms with Crippen LogP contribution >= 0.6 is 0 Å². The van der Waals surface area contributed by atoms with Crippen LogP contribution in [-0.4, -0.2) is 93.8 Å². The summed E-state index contributed by atoms with van der Waals surface area (Å²) >= 11 is 0. The number of hydrogen-bond donors (Lipinski definition) is 4. The van der Waals surface area contributed by atoms with E-state index in [2.05, 4.69) is 36.8 Å². The second-order valence-electron chi connectivity index (χ2n) is 18.6. The lowest BCUT2D eigenvalue weighted by atomic mass is 9.71. The molecule has 4 aromatic rings. The van der Waals surface area contributed by atoms with E-state index in [-0.39, 0.29) is 47.2 Å². The van der Waals surface area contributed by atoms with Crippen LogP contribution in [-0.2, 0) is 39.6 Å².